The summed E-state index contributed by atoms with van der Waals surface area (Å²) in [5, 5.41) is 0.103. The molecule has 0 bridgehead atoms. The first-order valence-electron chi connectivity index (χ1n) is 12.5. The number of hydrogen-bond acceptors (Lipinski definition) is 4. The van der Waals surface area contributed by atoms with Crippen molar-refractivity contribution in [3.63, 3.8) is 0 Å². The van der Waals surface area contributed by atoms with Crippen LogP contribution >= 0.6 is 0 Å². The van der Waals surface area contributed by atoms with Crippen LogP contribution in [0.1, 0.15) is 51.2 Å². The van der Waals surface area contributed by atoms with Gasteiger partial charge in [-0.3, -0.25) is 4.79 Å². The molecule has 0 aliphatic carbocycles. The molecule has 2 aromatic carbocycles. The molecule has 0 unspecified atom stereocenters. The first kappa shape index (κ1) is 25.4. The van der Waals surface area contributed by atoms with E-state index in [1.54, 1.807) is 18.2 Å². The van der Waals surface area contributed by atoms with Crippen molar-refractivity contribution < 1.29 is 12.8 Å². The third-order valence-electron chi connectivity index (χ3n) is 6.87. The number of fused-ring (bicyclic) bond motifs is 1. The molecular weight excluding hydrogens is 463 g/mol. The van der Waals surface area contributed by atoms with Crippen molar-refractivity contribution in [3.8, 4) is 0 Å². The van der Waals surface area contributed by atoms with E-state index in [0.29, 0.717) is 29.6 Å². The van der Waals surface area contributed by atoms with Crippen LogP contribution in [-0.2, 0) is 16.4 Å². The van der Waals surface area contributed by atoms with Crippen LogP contribution in [0.4, 0.5) is 10.1 Å². The fraction of sp³-hybridized carbons (Fsp3) is 0.464. The molecule has 0 amide bonds. The first-order chi connectivity index (χ1) is 16.5. The van der Waals surface area contributed by atoms with Gasteiger partial charge < -0.3 is 9.47 Å². The number of aromatic nitrogens is 1. The van der Waals surface area contributed by atoms with E-state index in [1.807, 2.05) is 24.5 Å². The standard InChI is InChI=1S/C28H35FN2O3S/c1-6-7-8-30-17-27(35(33,34)22-11-18(2)9-19(3)12-22)28(32)23-13-24(29)26(14-25(23)30)31-15-20(4)10-21(5)16-31/h9,11-14,17,20-21H,6-8,10,15-16H2,1-5H3/t20-,21+. The number of benzene rings is 2. The molecule has 1 fully saturated rings. The lowest BCUT2D eigenvalue weighted by Gasteiger charge is -2.37. The van der Waals surface area contributed by atoms with Gasteiger partial charge in [-0.25, -0.2) is 12.8 Å². The average molecular weight is 499 g/mol. The Hall–Kier alpha value is -2.67. The van der Waals surface area contributed by atoms with Gasteiger partial charge in [-0.1, -0.05) is 33.3 Å². The monoisotopic (exact) mass is 498 g/mol. The molecule has 0 N–H and O–H groups in total. The quantitative estimate of drug-likeness (QED) is 0.426. The maximum Gasteiger partial charge on any atom is 0.211 e. The summed E-state index contributed by atoms with van der Waals surface area (Å²) in [5.74, 6) is 0.404. The van der Waals surface area contributed by atoms with Crippen LogP contribution in [0.15, 0.2) is 51.1 Å². The highest BCUT2D eigenvalue weighted by atomic mass is 32.2. The van der Waals surface area contributed by atoms with Crippen molar-refractivity contribution in [1.82, 2.24) is 4.57 Å². The van der Waals surface area contributed by atoms with E-state index in [0.717, 1.165) is 43.5 Å². The minimum Gasteiger partial charge on any atom is -0.369 e. The number of aryl methyl sites for hydroxylation is 3. The van der Waals surface area contributed by atoms with Crippen LogP contribution in [0.25, 0.3) is 10.9 Å². The van der Waals surface area contributed by atoms with Gasteiger partial charge in [0, 0.05) is 25.8 Å². The van der Waals surface area contributed by atoms with Crippen molar-refractivity contribution in [2.24, 2.45) is 11.8 Å². The van der Waals surface area contributed by atoms with Gasteiger partial charge in [0.05, 0.1) is 21.5 Å². The molecule has 1 saturated heterocycles. The second-order valence-electron chi connectivity index (χ2n) is 10.4. The molecule has 188 valence electrons. The Bertz CT molecular complexity index is 1400. The lowest BCUT2D eigenvalue weighted by Crippen LogP contribution is -2.39. The Balaban J connectivity index is 1.93. The summed E-state index contributed by atoms with van der Waals surface area (Å²) in [6.45, 7) is 12.1. The van der Waals surface area contributed by atoms with Crippen LogP contribution in [-0.4, -0.2) is 26.1 Å². The molecule has 1 aromatic heterocycles. The number of hydrogen-bond donors (Lipinski definition) is 0. The number of anilines is 1. The second-order valence-corrected chi connectivity index (χ2v) is 12.3. The van der Waals surface area contributed by atoms with Gasteiger partial charge in [-0.2, -0.15) is 0 Å². The molecule has 5 nitrogen and oxygen atoms in total. The molecule has 1 aliphatic heterocycles. The zero-order valence-electron chi connectivity index (χ0n) is 21.3. The van der Waals surface area contributed by atoms with Crippen molar-refractivity contribution in [3.05, 3.63) is 63.7 Å². The normalized spacial score (nSPS) is 18.9. The molecule has 3 aromatic rings. The van der Waals surface area contributed by atoms with Gasteiger partial charge in [-0.05, 0) is 73.9 Å². The zero-order chi connectivity index (χ0) is 25.5. The number of rotatable bonds is 6. The smallest absolute Gasteiger partial charge is 0.211 e. The van der Waals surface area contributed by atoms with Gasteiger partial charge in [-0.15, -0.1) is 0 Å². The summed E-state index contributed by atoms with van der Waals surface area (Å²) in [5.41, 5.74) is 2.00. The summed E-state index contributed by atoms with van der Waals surface area (Å²) in [4.78, 5) is 15.4. The largest absolute Gasteiger partial charge is 0.369 e. The van der Waals surface area contributed by atoms with Crippen LogP contribution in [0, 0.1) is 31.5 Å². The Morgan fingerprint density at radius 3 is 2.23 bits per heavy atom. The van der Waals surface area contributed by atoms with Crippen molar-refractivity contribution >= 4 is 26.4 Å². The molecule has 1 aliphatic rings. The summed E-state index contributed by atoms with van der Waals surface area (Å²) >= 11 is 0. The second kappa shape index (κ2) is 9.76. The van der Waals surface area contributed by atoms with E-state index in [2.05, 4.69) is 25.7 Å². The number of sulfone groups is 1. The van der Waals surface area contributed by atoms with Gasteiger partial charge >= 0.3 is 0 Å². The zero-order valence-corrected chi connectivity index (χ0v) is 22.1. The number of pyridine rings is 1. The topological polar surface area (TPSA) is 59.4 Å². The minimum atomic E-state index is -4.08. The molecule has 2 atom stereocenters. The van der Waals surface area contributed by atoms with Crippen LogP contribution in [0.5, 0.6) is 0 Å². The maximum absolute atomic E-state index is 15.4. The maximum atomic E-state index is 15.4. The fourth-order valence-electron chi connectivity index (χ4n) is 5.39. The van der Waals surface area contributed by atoms with Crippen molar-refractivity contribution in [2.45, 2.75) is 70.2 Å². The van der Waals surface area contributed by atoms with E-state index in [-0.39, 0.29) is 15.2 Å². The van der Waals surface area contributed by atoms with Crippen molar-refractivity contribution in [1.29, 1.82) is 0 Å². The third-order valence-corrected chi connectivity index (χ3v) is 8.60. The van der Waals surface area contributed by atoms with E-state index in [9.17, 15) is 13.2 Å². The Morgan fingerprint density at radius 2 is 1.63 bits per heavy atom. The van der Waals surface area contributed by atoms with Crippen LogP contribution in [0.2, 0.25) is 0 Å². The summed E-state index contributed by atoms with van der Waals surface area (Å²) in [7, 11) is -4.08. The van der Waals surface area contributed by atoms with Gasteiger partial charge in [0.1, 0.15) is 10.7 Å². The summed E-state index contributed by atoms with van der Waals surface area (Å²) in [6.07, 6.45) is 4.27. The fourth-order valence-corrected chi connectivity index (χ4v) is 6.95. The predicted octanol–water partition coefficient (Wildman–Crippen LogP) is 5.87. The van der Waals surface area contributed by atoms with Crippen molar-refractivity contribution in [2.75, 3.05) is 18.0 Å². The number of unbranched alkanes of at least 4 members (excludes halogenated alkanes) is 1. The number of nitrogens with zero attached hydrogens (tertiary/aromatic N) is 2. The molecule has 2 heterocycles. The first-order valence-corrected chi connectivity index (χ1v) is 13.9. The van der Waals surface area contributed by atoms with E-state index >= 15 is 4.39 Å². The van der Waals surface area contributed by atoms with Crippen LogP contribution < -0.4 is 10.3 Å². The number of piperidine rings is 1. The van der Waals surface area contributed by atoms with Crippen LogP contribution in [0.3, 0.4) is 0 Å². The van der Waals surface area contributed by atoms with E-state index < -0.39 is 21.1 Å². The highest BCUT2D eigenvalue weighted by molar-refractivity contribution is 7.91. The molecule has 7 heteroatoms. The molecule has 4 rings (SSSR count). The Morgan fingerprint density at radius 1 is 1.00 bits per heavy atom. The van der Waals surface area contributed by atoms with Gasteiger partial charge in [0.2, 0.25) is 15.3 Å². The van der Waals surface area contributed by atoms with E-state index in [1.165, 1.54) is 12.3 Å². The molecule has 0 saturated carbocycles. The Labute approximate surface area is 207 Å². The van der Waals surface area contributed by atoms with E-state index in [4.69, 9.17) is 0 Å². The lowest BCUT2D eigenvalue weighted by molar-refractivity contribution is 0.354. The Kier molecular flexibility index (Phi) is 7.09. The van der Waals surface area contributed by atoms with Gasteiger partial charge in [0.25, 0.3) is 0 Å². The molecular formula is C28H35FN2O3S. The highest BCUT2D eigenvalue weighted by Crippen LogP contribution is 2.32. The lowest BCUT2D eigenvalue weighted by atomic mass is 9.91. The summed E-state index contributed by atoms with van der Waals surface area (Å²) in [6, 6.07) is 8.01. The highest BCUT2D eigenvalue weighted by Gasteiger charge is 2.27. The number of halogens is 1. The molecule has 0 spiro atoms. The predicted molar refractivity (Wildman–Crippen MR) is 140 cm³/mol. The minimum absolute atomic E-state index is 0.0851. The van der Waals surface area contributed by atoms with Gasteiger partial charge in [0.15, 0.2) is 0 Å². The summed E-state index contributed by atoms with van der Waals surface area (Å²) < 4.78 is 44.4. The SMILES string of the molecule is CCCCn1cc(S(=O)(=O)c2cc(C)cc(C)c2)c(=O)c2cc(F)c(N3C[C@H](C)C[C@H](C)C3)cc21. The third kappa shape index (κ3) is 5.01. The molecule has 35 heavy (non-hydrogen) atoms. The average Bonchev–Trinajstić information content (AvgIpc) is 2.77. The molecule has 0 radical (unpaired) electrons.